The molecule has 1 fully saturated rings. The molecule has 1 aliphatic heterocycles. The molecule has 1 aliphatic rings. The molecule has 0 saturated carbocycles. The van der Waals surface area contributed by atoms with Gasteiger partial charge < -0.3 is 14.4 Å². The third-order valence-electron chi connectivity index (χ3n) is 3.43. The molecule has 0 spiro atoms. The number of ether oxygens (including phenoxy) is 2. The third kappa shape index (κ3) is 2.72. The number of benzene rings is 1. The lowest BCUT2D eigenvalue weighted by Gasteiger charge is -2.25. The molecule has 1 saturated heterocycles. The number of nitro benzene ring substituents is 1. The summed E-state index contributed by atoms with van der Waals surface area (Å²) in [5.74, 6) is -0.516. The van der Waals surface area contributed by atoms with E-state index in [4.69, 9.17) is 4.74 Å². The first kappa shape index (κ1) is 14.3. The Bertz CT molecular complexity index is 525. The monoisotopic (exact) mass is 280 g/mol. The maximum atomic E-state index is 11.6. The first-order chi connectivity index (χ1) is 9.54. The smallest absolute Gasteiger partial charge is 0.337 e. The van der Waals surface area contributed by atoms with Gasteiger partial charge in [0.1, 0.15) is 5.69 Å². The zero-order chi connectivity index (χ0) is 14.7. The van der Waals surface area contributed by atoms with E-state index in [9.17, 15) is 14.9 Å². The molecule has 1 aromatic carbocycles. The number of hydrogen-bond acceptors (Lipinski definition) is 6. The van der Waals surface area contributed by atoms with E-state index in [1.165, 1.54) is 25.3 Å². The molecule has 0 aromatic heterocycles. The summed E-state index contributed by atoms with van der Waals surface area (Å²) in [5.41, 5.74) is 0.652. The molecule has 7 nitrogen and oxygen atoms in total. The van der Waals surface area contributed by atoms with Gasteiger partial charge in [-0.05, 0) is 18.6 Å². The van der Waals surface area contributed by atoms with Crippen molar-refractivity contribution in [3.8, 4) is 0 Å². The molecule has 7 heteroatoms. The SMILES string of the molecule is COC(=O)c1ccc([N+](=O)[O-])c(N(C)C2CCOC2)c1. The van der Waals surface area contributed by atoms with Crippen LogP contribution >= 0.6 is 0 Å². The second kappa shape index (κ2) is 5.87. The molecule has 20 heavy (non-hydrogen) atoms. The highest BCUT2D eigenvalue weighted by Gasteiger charge is 2.27. The highest BCUT2D eigenvalue weighted by Crippen LogP contribution is 2.31. The van der Waals surface area contributed by atoms with E-state index in [0.717, 1.165) is 6.42 Å². The minimum absolute atomic E-state index is 0.0351. The molecule has 2 rings (SSSR count). The van der Waals surface area contributed by atoms with Crippen molar-refractivity contribution in [2.24, 2.45) is 0 Å². The molecule has 0 N–H and O–H groups in total. The molecule has 1 atom stereocenters. The second-order valence-corrected chi connectivity index (χ2v) is 4.58. The summed E-state index contributed by atoms with van der Waals surface area (Å²) >= 11 is 0. The number of carbonyl (C=O) groups is 1. The summed E-state index contributed by atoms with van der Waals surface area (Å²) in [6.07, 6.45) is 0.802. The summed E-state index contributed by atoms with van der Waals surface area (Å²) in [6.45, 7) is 1.16. The van der Waals surface area contributed by atoms with Crippen LogP contribution in [0.3, 0.4) is 0 Å². The van der Waals surface area contributed by atoms with Crippen LogP contribution in [-0.4, -0.2) is 44.3 Å². The van der Waals surface area contributed by atoms with Gasteiger partial charge in [0.2, 0.25) is 0 Å². The number of nitrogens with zero attached hydrogens (tertiary/aromatic N) is 2. The Morgan fingerprint density at radius 3 is 2.85 bits per heavy atom. The molecule has 0 radical (unpaired) electrons. The van der Waals surface area contributed by atoms with Gasteiger partial charge in [-0.3, -0.25) is 10.1 Å². The number of methoxy groups -OCH3 is 1. The second-order valence-electron chi connectivity index (χ2n) is 4.58. The van der Waals surface area contributed by atoms with Crippen molar-refractivity contribution < 1.29 is 19.2 Å². The van der Waals surface area contributed by atoms with Crippen LogP contribution in [0.1, 0.15) is 16.8 Å². The van der Waals surface area contributed by atoms with E-state index in [1.54, 1.807) is 11.9 Å². The van der Waals surface area contributed by atoms with Crippen LogP contribution in [0.25, 0.3) is 0 Å². The third-order valence-corrected chi connectivity index (χ3v) is 3.43. The first-order valence-corrected chi connectivity index (χ1v) is 6.22. The minimum Gasteiger partial charge on any atom is -0.465 e. The largest absolute Gasteiger partial charge is 0.465 e. The van der Waals surface area contributed by atoms with Crippen molar-refractivity contribution in [3.05, 3.63) is 33.9 Å². The summed E-state index contributed by atoms with van der Waals surface area (Å²) in [6, 6.07) is 4.28. The average Bonchev–Trinajstić information content (AvgIpc) is 2.99. The maximum Gasteiger partial charge on any atom is 0.337 e. The Balaban J connectivity index is 2.40. The van der Waals surface area contributed by atoms with Gasteiger partial charge in [0.25, 0.3) is 5.69 Å². The summed E-state index contributed by atoms with van der Waals surface area (Å²) < 4.78 is 9.94. The van der Waals surface area contributed by atoms with Crippen molar-refractivity contribution in [1.82, 2.24) is 0 Å². The first-order valence-electron chi connectivity index (χ1n) is 6.22. The molecule has 0 aliphatic carbocycles. The van der Waals surface area contributed by atoms with Crippen LogP contribution < -0.4 is 4.90 Å². The van der Waals surface area contributed by atoms with Crippen molar-refractivity contribution in [3.63, 3.8) is 0 Å². The fourth-order valence-electron chi connectivity index (χ4n) is 2.23. The van der Waals surface area contributed by atoms with Crippen molar-refractivity contribution in [2.45, 2.75) is 12.5 Å². The van der Waals surface area contributed by atoms with Crippen LogP contribution in [0.2, 0.25) is 0 Å². The quantitative estimate of drug-likeness (QED) is 0.473. The van der Waals surface area contributed by atoms with Gasteiger partial charge in [0, 0.05) is 19.7 Å². The Hall–Kier alpha value is -2.15. The van der Waals surface area contributed by atoms with Crippen LogP contribution in [0.5, 0.6) is 0 Å². The number of nitro groups is 1. The molecule has 108 valence electrons. The highest BCUT2D eigenvalue weighted by molar-refractivity contribution is 5.91. The predicted molar refractivity (Wildman–Crippen MR) is 72.1 cm³/mol. The average molecular weight is 280 g/mol. The van der Waals surface area contributed by atoms with Crippen LogP contribution in [-0.2, 0) is 9.47 Å². The van der Waals surface area contributed by atoms with E-state index < -0.39 is 10.9 Å². The summed E-state index contributed by atoms with van der Waals surface area (Å²) in [7, 11) is 3.04. The standard InChI is InChI=1S/C13H16N2O5/c1-14(10-5-6-20-8-10)12-7-9(13(16)19-2)3-4-11(12)15(17)18/h3-4,7,10H,5-6,8H2,1-2H3. The lowest BCUT2D eigenvalue weighted by molar-refractivity contribution is -0.384. The normalized spacial score (nSPS) is 17.8. The Labute approximate surface area is 116 Å². The number of rotatable bonds is 4. The molecular weight excluding hydrogens is 264 g/mol. The van der Waals surface area contributed by atoms with E-state index in [0.29, 0.717) is 24.5 Å². The molecule has 0 amide bonds. The Morgan fingerprint density at radius 1 is 1.55 bits per heavy atom. The molecule has 0 bridgehead atoms. The molecule has 1 aromatic rings. The van der Waals surface area contributed by atoms with Gasteiger partial charge in [0.15, 0.2) is 0 Å². The van der Waals surface area contributed by atoms with Gasteiger partial charge in [0.05, 0.1) is 30.2 Å². The minimum atomic E-state index is -0.516. The molecular formula is C13H16N2O5. The van der Waals surface area contributed by atoms with Gasteiger partial charge >= 0.3 is 5.97 Å². The number of esters is 1. The van der Waals surface area contributed by atoms with E-state index in [-0.39, 0.29) is 11.7 Å². The van der Waals surface area contributed by atoms with E-state index >= 15 is 0 Å². The topological polar surface area (TPSA) is 81.9 Å². The molecule has 1 unspecified atom stereocenters. The van der Waals surface area contributed by atoms with Crippen LogP contribution in [0, 0.1) is 10.1 Å². The van der Waals surface area contributed by atoms with Crippen molar-refractivity contribution in [2.75, 3.05) is 32.3 Å². The van der Waals surface area contributed by atoms with Crippen molar-refractivity contribution in [1.29, 1.82) is 0 Å². The Kier molecular flexibility index (Phi) is 4.19. The predicted octanol–water partition coefficient (Wildman–Crippen LogP) is 1.61. The number of carbonyl (C=O) groups excluding carboxylic acids is 1. The molecule has 1 heterocycles. The van der Waals surface area contributed by atoms with Gasteiger partial charge in [-0.1, -0.05) is 0 Å². The fourth-order valence-corrected chi connectivity index (χ4v) is 2.23. The van der Waals surface area contributed by atoms with E-state index in [2.05, 4.69) is 4.74 Å². The summed E-state index contributed by atoms with van der Waals surface area (Å²) in [5, 5.41) is 11.1. The van der Waals surface area contributed by atoms with Gasteiger partial charge in [-0.2, -0.15) is 0 Å². The lowest BCUT2D eigenvalue weighted by atomic mass is 10.1. The van der Waals surface area contributed by atoms with E-state index in [1.807, 2.05) is 0 Å². The number of hydrogen-bond donors (Lipinski definition) is 0. The zero-order valence-electron chi connectivity index (χ0n) is 11.4. The maximum absolute atomic E-state index is 11.6. The number of anilines is 1. The highest BCUT2D eigenvalue weighted by atomic mass is 16.6. The van der Waals surface area contributed by atoms with Crippen LogP contribution in [0.15, 0.2) is 18.2 Å². The zero-order valence-corrected chi connectivity index (χ0v) is 11.4. The van der Waals surface area contributed by atoms with Crippen LogP contribution in [0.4, 0.5) is 11.4 Å². The Morgan fingerprint density at radius 2 is 2.30 bits per heavy atom. The fraction of sp³-hybridized carbons (Fsp3) is 0.462. The summed E-state index contributed by atoms with van der Waals surface area (Å²) in [4.78, 5) is 24.0. The van der Waals surface area contributed by atoms with Gasteiger partial charge in [-0.25, -0.2) is 4.79 Å². The lowest BCUT2D eigenvalue weighted by Crippen LogP contribution is -2.32. The number of likely N-dealkylation sites (N-methyl/N-ethyl adjacent to an activating group) is 1. The van der Waals surface area contributed by atoms with Gasteiger partial charge in [-0.15, -0.1) is 0 Å². The van der Waals surface area contributed by atoms with Crippen molar-refractivity contribution >= 4 is 17.3 Å².